The zero-order valence-electron chi connectivity index (χ0n) is 20.9. The van der Waals surface area contributed by atoms with E-state index in [4.69, 9.17) is 5.10 Å². The van der Waals surface area contributed by atoms with E-state index in [1.807, 2.05) is 64.1 Å². The summed E-state index contributed by atoms with van der Waals surface area (Å²) in [6.45, 7) is 7.51. The average molecular weight is 499 g/mol. The molecular formula is C27H30N8O2. The molecule has 1 fully saturated rings. The molecule has 2 amide bonds. The number of aromatic nitrogens is 5. The standard InChI is InChI=1S/C27H30N8O2/c1-2-35-24-7-10-34(26(36)20-3-4-22-23(15-20)30-18-29-22)17-21(24)25(31-35)27(37)33-13-11-32(12-14-33)16-19-5-8-28-9-6-19/h3-6,8-9,15,18H,2,7,10-14,16-17H2,1H3,(H,29,30). The van der Waals surface area contributed by atoms with E-state index in [0.717, 1.165) is 41.9 Å². The molecule has 6 rings (SSSR count). The zero-order valence-corrected chi connectivity index (χ0v) is 20.9. The van der Waals surface area contributed by atoms with Crippen molar-refractivity contribution in [2.24, 2.45) is 0 Å². The van der Waals surface area contributed by atoms with Gasteiger partial charge in [-0.2, -0.15) is 5.10 Å². The van der Waals surface area contributed by atoms with Crippen LogP contribution >= 0.6 is 0 Å². The van der Waals surface area contributed by atoms with Gasteiger partial charge in [0.1, 0.15) is 0 Å². The third-order valence-electron chi connectivity index (χ3n) is 7.41. The van der Waals surface area contributed by atoms with E-state index < -0.39 is 0 Å². The Morgan fingerprint density at radius 3 is 2.57 bits per heavy atom. The number of nitrogens with one attached hydrogen (secondary N) is 1. The number of nitrogens with zero attached hydrogens (tertiary/aromatic N) is 7. The number of aryl methyl sites for hydroxylation is 1. The highest BCUT2D eigenvalue weighted by Crippen LogP contribution is 2.26. The molecule has 3 aromatic heterocycles. The summed E-state index contributed by atoms with van der Waals surface area (Å²) in [4.78, 5) is 44.5. The number of aromatic amines is 1. The van der Waals surface area contributed by atoms with Crippen LogP contribution in [-0.4, -0.2) is 84.0 Å². The fraction of sp³-hybridized carbons (Fsp3) is 0.370. The molecule has 0 spiro atoms. The number of pyridine rings is 1. The van der Waals surface area contributed by atoms with Crippen molar-refractivity contribution < 1.29 is 9.59 Å². The maximum atomic E-state index is 13.6. The maximum absolute atomic E-state index is 13.6. The smallest absolute Gasteiger partial charge is 0.274 e. The van der Waals surface area contributed by atoms with E-state index in [1.54, 1.807) is 6.33 Å². The van der Waals surface area contributed by atoms with Crippen molar-refractivity contribution in [3.8, 4) is 0 Å². The number of hydrogen-bond donors (Lipinski definition) is 1. The van der Waals surface area contributed by atoms with Crippen molar-refractivity contribution >= 4 is 22.8 Å². The first kappa shape index (κ1) is 23.4. The minimum Gasteiger partial charge on any atom is -0.345 e. The molecule has 0 saturated carbocycles. The van der Waals surface area contributed by atoms with Crippen LogP contribution in [0.4, 0.5) is 0 Å². The summed E-state index contributed by atoms with van der Waals surface area (Å²) < 4.78 is 1.93. The van der Waals surface area contributed by atoms with Gasteiger partial charge in [-0.05, 0) is 42.8 Å². The lowest BCUT2D eigenvalue weighted by atomic mass is 10.0. The van der Waals surface area contributed by atoms with Crippen molar-refractivity contribution in [3.63, 3.8) is 0 Å². The molecule has 2 aliphatic heterocycles. The van der Waals surface area contributed by atoms with Crippen LogP contribution in [0.2, 0.25) is 0 Å². The average Bonchev–Trinajstić information content (AvgIpc) is 3.57. The van der Waals surface area contributed by atoms with E-state index in [2.05, 4.69) is 19.9 Å². The normalized spacial score (nSPS) is 16.2. The highest BCUT2D eigenvalue weighted by atomic mass is 16.2. The summed E-state index contributed by atoms with van der Waals surface area (Å²) in [7, 11) is 0. The Balaban J connectivity index is 1.17. The predicted octanol–water partition coefficient (Wildman–Crippen LogP) is 2.33. The molecular weight excluding hydrogens is 468 g/mol. The number of carbonyl (C=O) groups is 2. The topological polar surface area (TPSA) is 103 Å². The van der Waals surface area contributed by atoms with E-state index in [9.17, 15) is 9.59 Å². The predicted molar refractivity (Wildman–Crippen MR) is 138 cm³/mol. The fourth-order valence-corrected chi connectivity index (χ4v) is 5.35. The second-order valence-electron chi connectivity index (χ2n) is 9.62. The number of fused-ring (bicyclic) bond motifs is 2. The van der Waals surface area contributed by atoms with Gasteiger partial charge in [-0.25, -0.2) is 4.98 Å². The number of piperazine rings is 1. The van der Waals surface area contributed by atoms with Crippen LogP contribution in [0.25, 0.3) is 11.0 Å². The monoisotopic (exact) mass is 498 g/mol. The summed E-state index contributed by atoms with van der Waals surface area (Å²) >= 11 is 0. The Kier molecular flexibility index (Phi) is 6.17. The highest BCUT2D eigenvalue weighted by Gasteiger charge is 2.33. The largest absolute Gasteiger partial charge is 0.345 e. The summed E-state index contributed by atoms with van der Waals surface area (Å²) in [5.41, 5.74) is 5.93. The maximum Gasteiger partial charge on any atom is 0.274 e. The SMILES string of the molecule is CCn1nc(C(=O)N2CCN(Cc3ccncc3)CC2)c2c1CCN(C(=O)c1ccc3nc[nH]c3c1)C2. The molecule has 190 valence electrons. The quantitative estimate of drug-likeness (QED) is 0.453. The van der Waals surface area contributed by atoms with Gasteiger partial charge < -0.3 is 14.8 Å². The summed E-state index contributed by atoms with van der Waals surface area (Å²) in [5, 5.41) is 4.73. The van der Waals surface area contributed by atoms with E-state index in [1.165, 1.54) is 5.56 Å². The minimum absolute atomic E-state index is 0.0415. The molecule has 37 heavy (non-hydrogen) atoms. The molecule has 0 radical (unpaired) electrons. The van der Waals surface area contributed by atoms with Crippen molar-refractivity contribution in [1.82, 2.24) is 39.4 Å². The van der Waals surface area contributed by atoms with Gasteiger partial charge in [0.15, 0.2) is 5.69 Å². The minimum atomic E-state index is -0.0467. The molecule has 10 nitrogen and oxygen atoms in total. The van der Waals surface area contributed by atoms with Gasteiger partial charge in [0.25, 0.3) is 11.8 Å². The number of imidazole rings is 1. The molecule has 1 saturated heterocycles. The Morgan fingerprint density at radius 1 is 0.973 bits per heavy atom. The molecule has 0 atom stereocenters. The second kappa shape index (κ2) is 9.78. The second-order valence-corrected chi connectivity index (χ2v) is 9.62. The summed E-state index contributed by atoms with van der Waals surface area (Å²) in [6, 6.07) is 9.57. The van der Waals surface area contributed by atoms with E-state index in [-0.39, 0.29) is 11.8 Å². The van der Waals surface area contributed by atoms with E-state index in [0.29, 0.717) is 50.4 Å². The van der Waals surface area contributed by atoms with Gasteiger partial charge in [0, 0.05) is 81.4 Å². The molecule has 1 aromatic carbocycles. The molecule has 0 unspecified atom stereocenters. The van der Waals surface area contributed by atoms with Gasteiger partial charge in [0.2, 0.25) is 0 Å². The Hall–Kier alpha value is -4.05. The van der Waals surface area contributed by atoms with Crippen LogP contribution < -0.4 is 0 Å². The Morgan fingerprint density at radius 2 is 1.78 bits per heavy atom. The number of rotatable bonds is 5. The molecule has 2 aliphatic rings. The fourth-order valence-electron chi connectivity index (χ4n) is 5.35. The van der Waals surface area contributed by atoms with Crippen LogP contribution in [0, 0.1) is 0 Å². The third kappa shape index (κ3) is 4.48. The van der Waals surface area contributed by atoms with Gasteiger partial charge in [-0.1, -0.05) is 0 Å². The zero-order chi connectivity index (χ0) is 25.4. The van der Waals surface area contributed by atoms with Gasteiger partial charge in [-0.15, -0.1) is 0 Å². The molecule has 1 N–H and O–H groups in total. The Bertz CT molecular complexity index is 1440. The van der Waals surface area contributed by atoms with Crippen LogP contribution in [-0.2, 0) is 26.1 Å². The lowest BCUT2D eigenvalue weighted by molar-refractivity contribution is 0.0615. The van der Waals surface area contributed by atoms with Gasteiger partial charge >= 0.3 is 0 Å². The van der Waals surface area contributed by atoms with Gasteiger partial charge in [-0.3, -0.25) is 24.2 Å². The summed E-state index contributed by atoms with van der Waals surface area (Å²) in [5.74, 6) is -0.0882. The molecule has 0 aliphatic carbocycles. The third-order valence-corrected chi connectivity index (χ3v) is 7.41. The van der Waals surface area contributed by atoms with Crippen molar-refractivity contribution in [2.75, 3.05) is 32.7 Å². The number of benzene rings is 1. The molecule has 4 aromatic rings. The molecule has 0 bridgehead atoms. The van der Waals surface area contributed by atoms with E-state index >= 15 is 0 Å². The molecule has 5 heterocycles. The van der Waals surface area contributed by atoms with Crippen molar-refractivity contribution in [1.29, 1.82) is 0 Å². The lowest BCUT2D eigenvalue weighted by Gasteiger charge is -2.34. The Labute approximate surface area is 214 Å². The number of hydrogen-bond acceptors (Lipinski definition) is 6. The van der Waals surface area contributed by atoms with Crippen LogP contribution in [0.3, 0.4) is 0 Å². The van der Waals surface area contributed by atoms with Crippen molar-refractivity contribution in [3.05, 3.63) is 77.1 Å². The first-order valence-corrected chi connectivity index (χ1v) is 12.8. The van der Waals surface area contributed by atoms with Crippen molar-refractivity contribution in [2.45, 2.75) is 33.0 Å². The lowest BCUT2D eigenvalue weighted by Crippen LogP contribution is -2.48. The first-order valence-electron chi connectivity index (χ1n) is 12.8. The number of H-pyrrole nitrogens is 1. The molecule has 10 heteroatoms. The first-order chi connectivity index (χ1) is 18.1. The summed E-state index contributed by atoms with van der Waals surface area (Å²) in [6.07, 6.45) is 5.93. The number of carbonyl (C=O) groups excluding carboxylic acids is 2. The van der Waals surface area contributed by atoms with Crippen LogP contribution in [0.15, 0.2) is 49.1 Å². The van der Waals surface area contributed by atoms with Gasteiger partial charge in [0.05, 0.1) is 23.9 Å². The number of amides is 2. The van der Waals surface area contributed by atoms with Crippen LogP contribution in [0.5, 0.6) is 0 Å². The highest BCUT2D eigenvalue weighted by molar-refractivity contribution is 5.98. The van der Waals surface area contributed by atoms with Crippen LogP contribution in [0.1, 0.15) is 44.6 Å².